The lowest BCUT2D eigenvalue weighted by atomic mass is 10.0. The van der Waals surface area contributed by atoms with Crippen LogP contribution in [-0.4, -0.2) is 112 Å². The maximum atomic E-state index is 14.4. The SMILES string of the molecule is CCCCC(CC)CS(=O)(=O)c1cnc2c(c1)-c1nc-2nc2[nH]c(nc3[n+](C)c(nc4[nH]c(n1)c1ncc(S(=O)(=O)CC(CC)CCCC)cc41)-c1ncc(S(=O)(=O)CC(CC)CCCC)cc1-3)c1ncc(S(=O)(=O)CC(CC)CCCC)cc21. The minimum absolute atomic E-state index is 0.000180. The molecule has 2 aliphatic rings. The molecule has 8 bridgehead atoms. The Labute approximate surface area is 500 Å². The first-order valence-electron chi connectivity index (χ1n) is 30.4. The molecule has 2 aliphatic heterocycles. The van der Waals surface area contributed by atoms with Gasteiger partial charge in [0.05, 0.1) is 66.2 Å². The Morgan fingerprint density at radius 2 is 0.753 bits per heavy atom. The maximum absolute atomic E-state index is 14.4. The minimum Gasteiger partial charge on any atom is -0.309 e. The lowest BCUT2D eigenvalue weighted by molar-refractivity contribution is -0.650. The van der Waals surface area contributed by atoms with Crippen molar-refractivity contribution in [2.45, 2.75) is 178 Å². The van der Waals surface area contributed by atoms with Crippen LogP contribution in [0.2, 0.25) is 0 Å². The molecule has 0 saturated heterocycles. The van der Waals surface area contributed by atoms with Gasteiger partial charge < -0.3 is 9.97 Å². The van der Waals surface area contributed by atoms with Crippen LogP contribution in [0.4, 0.5) is 0 Å². The average Bonchev–Trinajstić information content (AvgIpc) is 1.81. The van der Waals surface area contributed by atoms with Crippen molar-refractivity contribution in [2.75, 3.05) is 23.0 Å². The molecule has 7 aromatic heterocycles. The molecule has 0 aromatic carbocycles. The van der Waals surface area contributed by atoms with Gasteiger partial charge in [0.1, 0.15) is 22.4 Å². The number of unbranched alkanes of at least 4 members (excludes halogenated alkanes) is 4. The normalized spacial score (nSPS) is 14.4. The van der Waals surface area contributed by atoms with E-state index in [1.165, 1.54) is 43.0 Å². The lowest BCUT2D eigenvalue weighted by Crippen LogP contribution is -2.31. The van der Waals surface area contributed by atoms with Crippen molar-refractivity contribution in [3.63, 3.8) is 0 Å². The van der Waals surface area contributed by atoms with E-state index in [0.717, 1.165) is 77.0 Å². The fraction of sp³-hybridized carbons (Fsp3) is 0.541. The second kappa shape index (κ2) is 26.4. The van der Waals surface area contributed by atoms with Crippen LogP contribution >= 0.6 is 0 Å². The fourth-order valence-corrected chi connectivity index (χ4v) is 18.3. The predicted molar refractivity (Wildman–Crippen MR) is 332 cm³/mol. The highest BCUT2D eigenvalue weighted by Gasteiger charge is 2.35. The first-order valence-corrected chi connectivity index (χ1v) is 37.0. The summed E-state index contributed by atoms with van der Waals surface area (Å²) in [4.78, 5) is 51.0. The van der Waals surface area contributed by atoms with Gasteiger partial charge in [-0.15, -0.1) is 0 Å². The summed E-state index contributed by atoms with van der Waals surface area (Å²) in [6, 6.07) is 6.08. The smallest absolute Gasteiger partial charge is 0.291 e. The van der Waals surface area contributed by atoms with Crippen molar-refractivity contribution in [3.05, 3.63) is 49.1 Å². The number of hydrogen-bond donors (Lipinski definition) is 2. The van der Waals surface area contributed by atoms with E-state index < -0.39 is 39.3 Å². The van der Waals surface area contributed by atoms with E-state index in [0.29, 0.717) is 31.2 Å². The Balaban J connectivity index is 1.37. The molecule has 0 saturated carbocycles. The summed E-state index contributed by atoms with van der Waals surface area (Å²) in [5, 5.41) is 0.547. The van der Waals surface area contributed by atoms with E-state index in [9.17, 15) is 33.7 Å². The summed E-state index contributed by atoms with van der Waals surface area (Å²) in [5.74, 6) is -0.291. The zero-order valence-corrected chi connectivity index (χ0v) is 53.7. The summed E-state index contributed by atoms with van der Waals surface area (Å²) >= 11 is 0. The number of aromatic amines is 2. The van der Waals surface area contributed by atoms with Crippen LogP contribution in [0.1, 0.15) is 158 Å². The zero-order chi connectivity index (χ0) is 61.0. The van der Waals surface area contributed by atoms with Crippen molar-refractivity contribution < 1.29 is 38.2 Å². The fourth-order valence-electron chi connectivity index (χ4n) is 11.4. The molecule has 9 rings (SSSR count). The van der Waals surface area contributed by atoms with E-state index in [-0.39, 0.29) is 151 Å². The molecule has 20 nitrogen and oxygen atoms in total. The van der Waals surface area contributed by atoms with E-state index in [4.69, 9.17) is 44.9 Å². The van der Waals surface area contributed by atoms with Crippen LogP contribution in [0.15, 0.2) is 68.6 Å². The molecule has 456 valence electrons. The molecule has 9 heterocycles. The van der Waals surface area contributed by atoms with E-state index in [1.807, 2.05) is 27.7 Å². The van der Waals surface area contributed by atoms with Gasteiger partial charge in [0.15, 0.2) is 62.3 Å². The van der Waals surface area contributed by atoms with Crippen LogP contribution in [0.3, 0.4) is 0 Å². The highest BCUT2D eigenvalue weighted by atomic mass is 32.2. The number of pyridine rings is 4. The number of hydrogen-bond acceptors (Lipinski definition) is 17. The number of fused-ring (bicyclic) bond motifs is 20. The van der Waals surface area contributed by atoms with Gasteiger partial charge in [-0.05, 0) is 73.6 Å². The van der Waals surface area contributed by atoms with Gasteiger partial charge in [0.2, 0.25) is 11.3 Å². The first kappa shape index (κ1) is 63.3. The highest BCUT2D eigenvalue weighted by molar-refractivity contribution is 7.92. The monoisotopic (exact) mass is 1240 g/mol. The Hall–Kier alpha value is -6.24. The number of rotatable bonds is 28. The molecule has 7 aromatic rings. The summed E-state index contributed by atoms with van der Waals surface area (Å²) in [6.45, 7) is 16.2. The van der Waals surface area contributed by atoms with Crippen LogP contribution in [0.25, 0.3) is 90.2 Å². The third-order valence-electron chi connectivity index (χ3n) is 16.9. The van der Waals surface area contributed by atoms with Crippen molar-refractivity contribution in [1.29, 1.82) is 0 Å². The number of sulfone groups is 4. The molecule has 2 N–H and O–H groups in total. The van der Waals surface area contributed by atoms with Gasteiger partial charge in [-0.1, -0.05) is 142 Å². The molecule has 4 atom stereocenters. The summed E-state index contributed by atoms with van der Waals surface area (Å²) in [5.41, 5.74) is 1.85. The second-order valence-corrected chi connectivity index (χ2v) is 31.3. The Kier molecular flexibility index (Phi) is 19.6. The van der Waals surface area contributed by atoms with Crippen LogP contribution in [0.5, 0.6) is 0 Å². The topological polar surface area (TPSA) is 288 Å². The maximum Gasteiger partial charge on any atom is 0.291 e. The van der Waals surface area contributed by atoms with Crippen molar-refractivity contribution in [2.24, 2.45) is 30.7 Å². The number of H-pyrrole nitrogens is 2. The largest absolute Gasteiger partial charge is 0.309 e. The average molecular weight is 1240 g/mol. The number of nitrogens with zero attached hydrogens (tertiary/aromatic N) is 10. The third-order valence-corrected chi connectivity index (χ3v) is 24.3. The van der Waals surface area contributed by atoms with Crippen LogP contribution in [-0.2, 0) is 46.4 Å². The molecule has 0 spiro atoms. The minimum atomic E-state index is -3.91. The molecule has 0 fully saturated rings. The van der Waals surface area contributed by atoms with Crippen molar-refractivity contribution in [1.82, 2.24) is 54.8 Å². The third kappa shape index (κ3) is 13.5. The van der Waals surface area contributed by atoms with E-state index >= 15 is 0 Å². The standard InChI is InChI=1S/C61H80N12O8S4/c1-10-18-22-38(14-5)34-82(74,75)42-26-46-50(62-30-42)57-66-54(46)67-58-51-48(28-44(31-63-51)84(78,79)36-40(16-7)24-20-12-3)56(70-58)71-61-53-49(29-45(33-65-53)85(80,81)37-41(17-8)25-21-13-4)60(73(61)9)72-59-52-47(55(68-57)69-59)27-43(32-64-52)83(76,77)35-39(15-6)23-19-11-2/h26-33,38-41H,10-25,34-37H2,1-9H3,(H,62,63,64,65,66,67,68,69,70,71,72)/p+1. The first-order chi connectivity index (χ1) is 40.6. The van der Waals surface area contributed by atoms with Crippen molar-refractivity contribution in [3.8, 4) is 45.8 Å². The van der Waals surface area contributed by atoms with Gasteiger partial charge in [0, 0.05) is 30.2 Å². The van der Waals surface area contributed by atoms with Gasteiger partial charge in [0.25, 0.3) is 11.6 Å². The van der Waals surface area contributed by atoms with Crippen LogP contribution < -0.4 is 4.57 Å². The summed E-state index contributed by atoms with van der Waals surface area (Å²) < 4.78 is 117. The molecule has 4 unspecified atom stereocenters. The van der Waals surface area contributed by atoms with E-state index in [2.05, 4.69) is 37.7 Å². The molecule has 0 amide bonds. The van der Waals surface area contributed by atoms with E-state index in [1.54, 1.807) is 17.7 Å². The molecular weight excluding hydrogens is 1160 g/mol. The van der Waals surface area contributed by atoms with Crippen LogP contribution in [0, 0.1) is 23.7 Å². The Morgan fingerprint density at radius 3 is 1.18 bits per heavy atom. The Bertz CT molecular complexity index is 4290. The summed E-state index contributed by atoms with van der Waals surface area (Å²) in [7, 11) is -13.9. The van der Waals surface area contributed by atoms with Crippen molar-refractivity contribution >= 4 is 83.7 Å². The number of aromatic nitrogens is 12. The second-order valence-electron chi connectivity index (χ2n) is 23.1. The van der Waals surface area contributed by atoms with Gasteiger partial charge in [-0.2, -0.15) is 0 Å². The molecule has 85 heavy (non-hydrogen) atoms. The lowest BCUT2D eigenvalue weighted by Gasteiger charge is -2.15. The molecule has 0 aliphatic carbocycles. The summed E-state index contributed by atoms with van der Waals surface area (Å²) in [6.07, 6.45) is 18.2. The highest BCUT2D eigenvalue weighted by Crippen LogP contribution is 2.38. The van der Waals surface area contributed by atoms with Gasteiger partial charge in [-0.25, -0.2) is 63.2 Å². The van der Waals surface area contributed by atoms with Gasteiger partial charge >= 0.3 is 0 Å². The molecule has 0 radical (unpaired) electrons. The molecule has 24 heteroatoms. The quantitative estimate of drug-likeness (QED) is 0.0431. The molecular formula is C61H81N12O8S4+. The Morgan fingerprint density at radius 1 is 0.400 bits per heavy atom. The predicted octanol–water partition coefficient (Wildman–Crippen LogP) is 11.8. The number of nitrogens with one attached hydrogen (secondary N) is 2. The van der Waals surface area contributed by atoms with Gasteiger partial charge in [-0.3, -0.25) is 9.97 Å². The zero-order valence-electron chi connectivity index (χ0n) is 50.4.